The Kier molecular flexibility index (Phi) is 6.48. The predicted octanol–water partition coefficient (Wildman–Crippen LogP) is 4.03. The summed E-state index contributed by atoms with van der Waals surface area (Å²) in [7, 11) is 0. The van der Waals surface area contributed by atoms with Gasteiger partial charge in [0.15, 0.2) is 5.76 Å². The number of hydrogen-bond acceptors (Lipinski definition) is 4. The van der Waals surface area contributed by atoms with Gasteiger partial charge in [0.2, 0.25) is 0 Å². The fraction of sp³-hybridized carbons (Fsp3) is 0.333. The zero-order valence-corrected chi connectivity index (χ0v) is 16.0. The minimum atomic E-state index is -0.0567. The van der Waals surface area contributed by atoms with E-state index < -0.39 is 0 Å². The van der Waals surface area contributed by atoms with Crippen LogP contribution in [0.4, 0.5) is 0 Å². The van der Waals surface area contributed by atoms with Crippen molar-refractivity contribution in [3.63, 3.8) is 0 Å². The number of nitrogens with one attached hydrogen (secondary N) is 1. The van der Waals surface area contributed by atoms with Crippen molar-refractivity contribution < 1.29 is 9.21 Å². The van der Waals surface area contributed by atoms with Gasteiger partial charge in [0.25, 0.3) is 5.91 Å². The van der Waals surface area contributed by atoms with E-state index in [1.54, 1.807) is 6.20 Å². The van der Waals surface area contributed by atoms with Crippen molar-refractivity contribution in [1.82, 2.24) is 15.2 Å². The van der Waals surface area contributed by atoms with Crippen LogP contribution in [0.25, 0.3) is 11.0 Å². The molecule has 0 bridgehead atoms. The molecule has 3 aromatic rings. The number of benzene rings is 1. The fourth-order valence-corrected chi connectivity index (χ4v) is 3.57. The van der Waals surface area contributed by atoms with Gasteiger partial charge < -0.3 is 14.6 Å². The van der Waals surface area contributed by atoms with Gasteiger partial charge in [0.1, 0.15) is 5.58 Å². The van der Waals surface area contributed by atoms with E-state index in [2.05, 4.69) is 10.3 Å². The smallest absolute Gasteiger partial charge is 0.290 e. The Morgan fingerprint density at radius 1 is 1.15 bits per heavy atom. The molecule has 1 fully saturated rings. The van der Waals surface area contributed by atoms with Crippen LogP contribution in [0.15, 0.2) is 59.1 Å². The molecule has 1 N–H and O–H groups in total. The molecule has 3 heterocycles. The molecule has 142 valence electrons. The molecule has 27 heavy (non-hydrogen) atoms. The Balaban J connectivity index is 0.00000210. The summed E-state index contributed by atoms with van der Waals surface area (Å²) >= 11 is 0. The molecule has 1 aliphatic heterocycles. The average molecular weight is 386 g/mol. The van der Waals surface area contributed by atoms with Crippen molar-refractivity contribution in [3.8, 4) is 0 Å². The summed E-state index contributed by atoms with van der Waals surface area (Å²) in [6.07, 6.45) is 4.77. The highest BCUT2D eigenvalue weighted by molar-refractivity contribution is 5.96. The third kappa shape index (κ3) is 4.49. The molecule has 5 nitrogen and oxygen atoms in total. The first-order valence-electron chi connectivity index (χ1n) is 9.21. The van der Waals surface area contributed by atoms with Gasteiger partial charge in [-0.2, -0.15) is 0 Å². The SMILES string of the molecule is Cl.O=C(c1cc2ccccc2o1)N(Cc1ccccn1)C1CCCNCC1. The number of furan rings is 1. The topological polar surface area (TPSA) is 58.4 Å². The summed E-state index contributed by atoms with van der Waals surface area (Å²) in [6.45, 7) is 2.44. The molecular formula is C21H24ClN3O2. The van der Waals surface area contributed by atoms with Gasteiger partial charge >= 0.3 is 0 Å². The summed E-state index contributed by atoms with van der Waals surface area (Å²) in [6, 6.07) is 15.6. The molecule has 1 saturated heterocycles. The van der Waals surface area contributed by atoms with E-state index >= 15 is 0 Å². The maximum absolute atomic E-state index is 13.3. The first-order valence-corrected chi connectivity index (χ1v) is 9.21. The van der Waals surface area contributed by atoms with Gasteiger partial charge in [-0.05, 0) is 56.6 Å². The summed E-state index contributed by atoms with van der Waals surface area (Å²) in [5.74, 6) is 0.345. The van der Waals surface area contributed by atoms with Crippen LogP contribution in [0.1, 0.15) is 35.5 Å². The van der Waals surface area contributed by atoms with Gasteiger partial charge in [-0.15, -0.1) is 12.4 Å². The molecular weight excluding hydrogens is 362 g/mol. The number of carbonyl (C=O) groups excluding carboxylic acids is 1. The molecule has 0 radical (unpaired) electrons. The monoisotopic (exact) mass is 385 g/mol. The minimum Gasteiger partial charge on any atom is -0.451 e. The first-order chi connectivity index (χ1) is 12.8. The van der Waals surface area contributed by atoms with Crippen LogP contribution in [-0.4, -0.2) is 34.9 Å². The Hall–Kier alpha value is -2.37. The molecule has 1 amide bonds. The summed E-state index contributed by atoms with van der Waals surface area (Å²) < 4.78 is 5.84. The molecule has 1 aliphatic rings. The Bertz CT molecular complexity index is 840. The van der Waals surface area contributed by atoms with E-state index in [-0.39, 0.29) is 24.4 Å². The first kappa shape index (κ1) is 19.4. The second-order valence-corrected chi connectivity index (χ2v) is 6.74. The average Bonchev–Trinajstić information content (AvgIpc) is 2.94. The second kappa shape index (κ2) is 9.02. The normalized spacial score (nSPS) is 17.1. The van der Waals surface area contributed by atoms with Gasteiger partial charge in [-0.1, -0.05) is 24.3 Å². The number of nitrogens with zero attached hydrogens (tertiary/aromatic N) is 2. The lowest BCUT2D eigenvalue weighted by molar-refractivity contribution is 0.0612. The Morgan fingerprint density at radius 2 is 2.00 bits per heavy atom. The molecule has 6 heteroatoms. The van der Waals surface area contributed by atoms with Crippen LogP contribution in [0.3, 0.4) is 0 Å². The molecule has 1 unspecified atom stereocenters. The van der Waals surface area contributed by atoms with Crippen molar-refractivity contribution in [2.45, 2.75) is 31.8 Å². The number of halogens is 1. The van der Waals surface area contributed by atoms with E-state index in [9.17, 15) is 4.79 Å². The summed E-state index contributed by atoms with van der Waals surface area (Å²) in [5.41, 5.74) is 1.64. The summed E-state index contributed by atoms with van der Waals surface area (Å²) in [5, 5.41) is 4.37. The molecule has 0 aliphatic carbocycles. The molecule has 0 spiro atoms. The molecule has 4 rings (SSSR count). The van der Waals surface area contributed by atoms with E-state index in [1.807, 2.05) is 53.4 Å². The fourth-order valence-electron chi connectivity index (χ4n) is 3.57. The molecule has 1 atom stereocenters. The molecule has 1 aromatic carbocycles. The quantitative estimate of drug-likeness (QED) is 0.736. The number of fused-ring (bicyclic) bond motifs is 1. The largest absolute Gasteiger partial charge is 0.451 e. The lowest BCUT2D eigenvalue weighted by Gasteiger charge is -2.30. The minimum absolute atomic E-state index is 0. The van der Waals surface area contributed by atoms with Crippen molar-refractivity contribution in [1.29, 1.82) is 0 Å². The van der Waals surface area contributed by atoms with Crippen LogP contribution in [0, 0.1) is 0 Å². The van der Waals surface area contributed by atoms with Gasteiger partial charge in [-0.3, -0.25) is 9.78 Å². The lowest BCUT2D eigenvalue weighted by atomic mass is 10.1. The van der Waals surface area contributed by atoms with Crippen LogP contribution in [-0.2, 0) is 6.54 Å². The van der Waals surface area contributed by atoms with E-state index in [1.165, 1.54) is 0 Å². The van der Waals surface area contributed by atoms with E-state index in [0.29, 0.717) is 12.3 Å². The zero-order valence-electron chi connectivity index (χ0n) is 15.1. The standard InChI is InChI=1S/C21H23N3O2.ClH/c25-21(20-14-16-6-1-2-9-19(16)26-20)24(15-17-7-3-4-12-23-17)18-8-5-11-22-13-10-18;/h1-4,6-7,9,12,14,18,22H,5,8,10-11,13,15H2;1H. The zero-order chi connectivity index (χ0) is 17.8. The molecule has 0 saturated carbocycles. The Morgan fingerprint density at radius 3 is 2.81 bits per heavy atom. The maximum Gasteiger partial charge on any atom is 0.290 e. The van der Waals surface area contributed by atoms with Gasteiger partial charge in [-0.25, -0.2) is 0 Å². The number of pyridine rings is 1. The van der Waals surface area contributed by atoms with Gasteiger partial charge in [0, 0.05) is 17.6 Å². The number of rotatable bonds is 4. The lowest BCUT2D eigenvalue weighted by Crippen LogP contribution is -2.40. The van der Waals surface area contributed by atoms with Gasteiger partial charge in [0.05, 0.1) is 12.2 Å². The van der Waals surface area contributed by atoms with Crippen molar-refractivity contribution >= 4 is 29.3 Å². The third-order valence-electron chi connectivity index (χ3n) is 4.94. The van der Waals surface area contributed by atoms with Crippen molar-refractivity contribution in [3.05, 3.63) is 66.2 Å². The van der Waals surface area contributed by atoms with Crippen molar-refractivity contribution in [2.24, 2.45) is 0 Å². The highest BCUT2D eigenvalue weighted by Crippen LogP contribution is 2.24. The highest BCUT2D eigenvalue weighted by Gasteiger charge is 2.28. The van der Waals surface area contributed by atoms with Crippen LogP contribution >= 0.6 is 12.4 Å². The van der Waals surface area contributed by atoms with E-state index in [0.717, 1.165) is 49.0 Å². The van der Waals surface area contributed by atoms with Crippen LogP contribution < -0.4 is 5.32 Å². The molecule has 2 aromatic heterocycles. The van der Waals surface area contributed by atoms with E-state index in [4.69, 9.17) is 4.42 Å². The number of carbonyl (C=O) groups is 1. The number of aromatic nitrogens is 1. The Labute approximate surface area is 165 Å². The summed E-state index contributed by atoms with van der Waals surface area (Å²) in [4.78, 5) is 19.7. The third-order valence-corrected chi connectivity index (χ3v) is 4.94. The maximum atomic E-state index is 13.3. The highest BCUT2D eigenvalue weighted by atomic mass is 35.5. The number of para-hydroxylation sites is 1. The van der Waals surface area contributed by atoms with Crippen LogP contribution in [0.5, 0.6) is 0 Å². The second-order valence-electron chi connectivity index (χ2n) is 6.74. The predicted molar refractivity (Wildman–Crippen MR) is 108 cm³/mol. The number of amides is 1. The number of hydrogen-bond donors (Lipinski definition) is 1. The van der Waals surface area contributed by atoms with Crippen LogP contribution in [0.2, 0.25) is 0 Å². The van der Waals surface area contributed by atoms with Crippen molar-refractivity contribution in [2.75, 3.05) is 13.1 Å².